The number of aliphatic hydroxyl groups is 7. The fourth-order valence-corrected chi connectivity index (χ4v) is 10.8. The van der Waals surface area contributed by atoms with Crippen LogP contribution in [0.15, 0.2) is 11.6 Å². The molecule has 15 atom stereocenters. The van der Waals surface area contributed by atoms with E-state index in [0.29, 0.717) is 18.6 Å². The molecular formula is C36H60O10. The zero-order valence-corrected chi connectivity index (χ0v) is 29.0. The molecule has 1 aliphatic heterocycles. The van der Waals surface area contributed by atoms with Gasteiger partial charge in [0, 0.05) is 23.7 Å². The molecule has 5 rings (SSSR count). The Morgan fingerprint density at radius 2 is 1.63 bits per heavy atom. The van der Waals surface area contributed by atoms with Crippen molar-refractivity contribution in [3.63, 3.8) is 0 Å². The summed E-state index contributed by atoms with van der Waals surface area (Å²) >= 11 is 0. The maximum atomic E-state index is 14.4. The summed E-state index contributed by atoms with van der Waals surface area (Å²) < 4.78 is 11.4. The van der Waals surface area contributed by atoms with Gasteiger partial charge in [-0.3, -0.25) is 4.79 Å². The standard InChI is InChI=1S/C36H60O10/c1-18(22(38)15-26(40)33(4,5)46-31-30(44)29(43)28(42)23(17-37)45-31)19-13-14-34(6)24-11-9-20-21(10-12-25(39)32(20,2)3)36(24,8)27(41)16-35(19,34)7/h9,18-19,21-26,28-31,37-40,42-44H,10-17H2,1-8H3/t18-,19+,21+,22?,23+,24-,25-,26?,28+,29-,30+,31-,34-,35+,36-/m0/s1. The average Bonchev–Trinajstić information content (AvgIpc) is 3.25. The Balaban J connectivity index is 1.31. The zero-order valence-electron chi connectivity index (χ0n) is 29.0. The molecule has 0 bridgehead atoms. The minimum atomic E-state index is -1.60. The topological polar surface area (TPSA) is 177 Å². The van der Waals surface area contributed by atoms with Crippen molar-refractivity contribution in [1.82, 2.24) is 0 Å². The Hall–Kier alpha value is -0.950. The molecule has 5 aliphatic rings. The number of ether oxygens (including phenoxy) is 2. The number of carbonyl (C=O) groups excluding carboxylic acids is 1. The van der Waals surface area contributed by atoms with Crippen LogP contribution in [0.5, 0.6) is 0 Å². The van der Waals surface area contributed by atoms with Crippen molar-refractivity contribution < 1.29 is 50.0 Å². The second-order valence-electron chi connectivity index (χ2n) is 17.3. The van der Waals surface area contributed by atoms with E-state index in [1.165, 1.54) is 5.57 Å². The molecule has 1 saturated heterocycles. The molecule has 1 heterocycles. The number of hydrogen-bond acceptors (Lipinski definition) is 10. The molecule has 4 fully saturated rings. The first-order valence-electron chi connectivity index (χ1n) is 17.4. The predicted octanol–water partition coefficient (Wildman–Crippen LogP) is 2.47. The van der Waals surface area contributed by atoms with E-state index in [1.54, 1.807) is 13.8 Å². The van der Waals surface area contributed by atoms with Crippen molar-refractivity contribution in [2.75, 3.05) is 6.61 Å². The van der Waals surface area contributed by atoms with E-state index in [0.717, 1.165) is 25.7 Å². The SMILES string of the molecule is C[C@H](C(O)CC(O)C(C)(C)O[C@@H]1O[C@H](CO)[C@@H](O)[C@H](O)[C@H]1O)[C@H]1CC[C@@]2(C)[C@@H]3CC=C4[C@@H](CC[C@H](O)C4(C)C)[C@]3(C)C(=O)C[C@]12C. The fraction of sp³-hybridized carbons (Fsp3) is 0.917. The molecule has 10 nitrogen and oxygen atoms in total. The Bertz CT molecular complexity index is 1180. The smallest absolute Gasteiger partial charge is 0.187 e. The Labute approximate surface area is 274 Å². The van der Waals surface area contributed by atoms with Gasteiger partial charge >= 0.3 is 0 Å². The minimum Gasteiger partial charge on any atom is -0.394 e. The van der Waals surface area contributed by atoms with Gasteiger partial charge in [0.05, 0.1) is 30.5 Å². The highest BCUT2D eigenvalue weighted by Crippen LogP contribution is 2.74. The maximum Gasteiger partial charge on any atom is 0.187 e. The van der Waals surface area contributed by atoms with Crippen LogP contribution in [0.2, 0.25) is 0 Å². The Kier molecular flexibility index (Phi) is 9.58. The lowest BCUT2D eigenvalue weighted by atomic mass is 9.38. The van der Waals surface area contributed by atoms with Gasteiger partial charge in [0.25, 0.3) is 0 Å². The van der Waals surface area contributed by atoms with Crippen molar-refractivity contribution in [1.29, 1.82) is 0 Å². The lowest BCUT2D eigenvalue weighted by Gasteiger charge is -2.64. The summed E-state index contributed by atoms with van der Waals surface area (Å²) in [4.78, 5) is 14.4. The van der Waals surface area contributed by atoms with Gasteiger partial charge in [-0.25, -0.2) is 0 Å². The first-order chi connectivity index (χ1) is 21.2. The molecule has 0 radical (unpaired) electrons. The summed E-state index contributed by atoms with van der Waals surface area (Å²) in [5, 5.41) is 73.9. The van der Waals surface area contributed by atoms with E-state index in [9.17, 15) is 40.5 Å². The van der Waals surface area contributed by atoms with Crippen LogP contribution in [-0.2, 0) is 14.3 Å². The lowest BCUT2D eigenvalue weighted by Crippen LogP contribution is -2.63. The molecule has 264 valence electrons. The van der Waals surface area contributed by atoms with Crippen LogP contribution in [0.4, 0.5) is 0 Å². The predicted molar refractivity (Wildman–Crippen MR) is 170 cm³/mol. The summed E-state index contributed by atoms with van der Waals surface area (Å²) in [6, 6.07) is 0. The second kappa shape index (κ2) is 12.1. The first kappa shape index (κ1) is 36.3. The number of rotatable bonds is 8. The molecule has 4 aliphatic carbocycles. The first-order valence-corrected chi connectivity index (χ1v) is 17.4. The van der Waals surface area contributed by atoms with Gasteiger partial charge in [-0.2, -0.15) is 0 Å². The van der Waals surface area contributed by atoms with Gasteiger partial charge in [0.1, 0.15) is 30.2 Å². The van der Waals surface area contributed by atoms with Crippen LogP contribution in [0.25, 0.3) is 0 Å². The lowest BCUT2D eigenvalue weighted by molar-refractivity contribution is -0.332. The van der Waals surface area contributed by atoms with Crippen molar-refractivity contribution in [2.24, 2.45) is 45.3 Å². The van der Waals surface area contributed by atoms with Crippen LogP contribution in [-0.4, -0.2) is 103 Å². The summed E-state index contributed by atoms with van der Waals surface area (Å²) in [6.07, 6.45) is -2.85. The minimum absolute atomic E-state index is 0.0183. The summed E-state index contributed by atoms with van der Waals surface area (Å²) in [6.45, 7) is 15.6. The van der Waals surface area contributed by atoms with E-state index in [1.807, 2.05) is 6.92 Å². The highest BCUT2D eigenvalue weighted by atomic mass is 16.7. The van der Waals surface area contributed by atoms with Gasteiger partial charge in [-0.15, -0.1) is 0 Å². The van der Waals surface area contributed by atoms with Gasteiger partial charge < -0.3 is 45.2 Å². The number of aliphatic hydroxyl groups excluding tert-OH is 7. The van der Waals surface area contributed by atoms with Gasteiger partial charge in [0.2, 0.25) is 0 Å². The molecule has 0 aromatic rings. The monoisotopic (exact) mass is 652 g/mol. The molecule has 46 heavy (non-hydrogen) atoms. The van der Waals surface area contributed by atoms with Gasteiger partial charge in [-0.1, -0.05) is 53.2 Å². The van der Waals surface area contributed by atoms with E-state index < -0.39 is 66.6 Å². The highest BCUT2D eigenvalue weighted by molar-refractivity contribution is 5.88. The molecule has 0 spiro atoms. The molecule has 3 saturated carbocycles. The molecule has 0 aromatic carbocycles. The Morgan fingerprint density at radius 3 is 2.26 bits per heavy atom. The van der Waals surface area contributed by atoms with E-state index in [-0.39, 0.29) is 46.3 Å². The van der Waals surface area contributed by atoms with E-state index >= 15 is 0 Å². The van der Waals surface area contributed by atoms with Crippen LogP contribution in [0, 0.1) is 45.3 Å². The van der Waals surface area contributed by atoms with Crippen LogP contribution in [0.3, 0.4) is 0 Å². The average molecular weight is 653 g/mol. The quantitative estimate of drug-likeness (QED) is 0.193. The largest absolute Gasteiger partial charge is 0.394 e. The van der Waals surface area contributed by atoms with Crippen molar-refractivity contribution in [3.8, 4) is 0 Å². The third-order valence-electron chi connectivity index (χ3n) is 14.5. The number of ketones is 1. The molecular weight excluding hydrogens is 592 g/mol. The van der Waals surface area contributed by atoms with Crippen molar-refractivity contribution in [3.05, 3.63) is 11.6 Å². The number of carbonyl (C=O) groups is 1. The number of Topliss-reactive ketones (excluding diaryl/α,β-unsaturated/α-hetero) is 1. The third-order valence-corrected chi connectivity index (χ3v) is 14.5. The van der Waals surface area contributed by atoms with Crippen molar-refractivity contribution >= 4 is 5.78 Å². The molecule has 10 heteroatoms. The normalized spacial score (nSPS) is 47.7. The van der Waals surface area contributed by atoms with Gasteiger partial charge in [-0.05, 0) is 80.5 Å². The number of fused-ring (bicyclic) bond motifs is 5. The molecule has 7 N–H and O–H groups in total. The molecule has 0 aromatic heterocycles. The number of hydrogen-bond donors (Lipinski definition) is 7. The molecule has 0 amide bonds. The van der Waals surface area contributed by atoms with Crippen LogP contribution >= 0.6 is 0 Å². The fourth-order valence-electron chi connectivity index (χ4n) is 10.8. The van der Waals surface area contributed by atoms with E-state index in [4.69, 9.17) is 9.47 Å². The third kappa shape index (κ3) is 5.28. The zero-order chi connectivity index (χ0) is 34.4. The second-order valence-corrected chi connectivity index (χ2v) is 17.3. The summed E-state index contributed by atoms with van der Waals surface area (Å²) in [5.41, 5.74) is -1.38. The van der Waals surface area contributed by atoms with E-state index in [2.05, 4.69) is 40.7 Å². The summed E-state index contributed by atoms with van der Waals surface area (Å²) in [5.74, 6) is 0.416. The Morgan fingerprint density at radius 1 is 0.978 bits per heavy atom. The molecule has 2 unspecified atom stereocenters. The maximum absolute atomic E-state index is 14.4. The van der Waals surface area contributed by atoms with Gasteiger partial charge in [0.15, 0.2) is 6.29 Å². The van der Waals surface area contributed by atoms with Crippen LogP contribution in [0.1, 0.15) is 100 Å². The van der Waals surface area contributed by atoms with Crippen molar-refractivity contribution in [2.45, 2.75) is 155 Å². The van der Waals surface area contributed by atoms with Crippen LogP contribution < -0.4 is 0 Å². The summed E-state index contributed by atoms with van der Waals surface area (Å²) in [7, 11) is 0. The number of allylic oxidation sites excluding steroid dienone is 1. The highest BCUT2D eigenvalue weighted by Gasteiger charge is 2.70.